The molecule has 1 saturated heterocycles. The minimum Gasteiger partial charge on any atom is -0.345 e. The molecule has 1 heterocycles. The molecule has 0 spiro atoms. The van der Waals surface area contributed by atoms with Crippen LogP contribution in [0, 0.1) is 0 Å². The molecule has 0 amide bonds. The number of hydrogen-bond acceptors (Lipinski definition) is 3. The fraction of sp³-hybridized carbons (Fsp3) is 0.385. The van der Waals surface area contributed by atoms with Gasteiger partial charge in [-0.15, -0.1) is 0 Å². The van der Waals surface area contributed by atoms with E-state index in [4.69, 9.17) is 37.7 Å². The van der Waals surface area contributed by atoms with Gasteiger partial charge in [0.25, 0.3) is 0 Å². The maximum atomic E-state index is 6.12. The molecule has 1 aromatic rings. The third-order valence-corrected chi connectivity index (χ3v) is 3.16. The molecule has 1 aromatic carbocycles. The van der Waals surface area contributed by atoms with Gasteiger partial charge in [0.05, 0.1) is 6.61 Å². The third-order valence-electron chi connectivity index (χ3n) is 2.61. The maximum absolute atomic E-state index is 6.12. The lowest BCUT2D eigenvalue weighted by Gasteiger charge is -2.34. The van der Waals surface area contributed by atoms with Gasteiger partial charge in [-0.2, -0.15) is 0 Å². The lowest BCUT2D eigenvalue weighted by molar-refractivity contribution is -0.467. The Kier molecular flexibility index (Phi) is 3.99. The van der Waals surface area contributed by atoms with Crippen LogP contribution < -0.4 is 0 Å². The lowest BCUT2D eigenvalue weighted by atomic mass is 10.0. The zero-order valence-corrected chi connectivity index (χ0v) is 11.7. The highest BCUT2D eigenvalue weighted by molar-refractivity contribution is 6.35. The van der Waals surface area contributed by atoms with E-state index in [1.807, 2.05) is 0 Å². The monoisotopic (exact) mass is 288 g/mol. The Morgan fingerprint density at radius 2 is 2.11 bits per heavy atom. The van der Waals surface area contributed by atoms with Gasteiger partial charge in [-0.05, 0) is 37.1 Å². The van der Waals surface area contributed by atoms with Gasteiger partial charge < -0.3 is 4.74 Å². The first kappa shape index (κ1) is 13.8. The minimum absolute atomic E-state index is 0.366. The predicted octanol–water partition coefficient (Wildman–Crippen LogP) is 4.09. The summed E-state index contributed by atoms with van der Waals surface area (Å²) in [4.78, 5) is 10.4. The second-order valence-electron chi connectivity index (χ2n) is 4.53. The standard InChI is InChI=1S/C13H14Cl2O3/c1-8(10-5-4-9(14)6-11(10)15)12-7-16-13(2,3)18-17-12/h4-6,12H,1,7H2,2-3H3. The molecule has 1 fully saturated rings. The van der Waals surface area contributed by atoms with Crippen LogP contribution in [0.15, 0.2) is 24.8 Å². The summed E-state index contributed by atoms with van der Waals surface area (Å²) in [6.07, 6.45) is -0.378. The number of hydrogen-bond donors (Lipinski definition) is 0. The molecule has 0 saturated carbocycles. The molecule has 3 nitrogen and oxygen atoms in total. The predicted molar refractivity (Wildman–Crippen MR) is 71.5 cm³/mol. The van der Waals surface area contributed by atoms with E-state index < -0.39 is 5.79 Å². The van der Waals surface area contributed by atoms with Crippen molar-refractivity contribution in [1.29, 1.82) is 0 Å². The van der Waals surface area contributed by atoms with Gasteiger partial charge in [0.15, 0.2) is 5.79 Å². The van der Waals surface area contributed by atoms with Gasteiger partial charge in [0, 0.05) is 10.0 Å². The normalized spacial score (nSPS) is 22.8. The van der Waals surface area contributed by atoms with E-state index >= 15 is 0 Å². The van der Waals surface area contributed by atoms with Crippen LogP contribution in [0.3, 0.4) is 0 Å². The first-order valence-electron chi connectivity index (χ1n) is 5.52. The summed E-state index contributed by atoms with van der Waals surface area (Å²) in [5.74, 6) is -0.736. The molecule has 2 rings (SSSR count). The van der Waals surface area contributed by atoms with Crippen molar-refractivity contribution in [1.82, 2.24) is 0 Å². The summed E-state index contributed by atoms with van der Waals surface area (Å²) in [5.41, 5.74) is 1.48. The summed E-state index contributed by atoms with van der Waals surface area (Å²) in [6.45, 7) is 7.90. The van der Waals surface area contributed by atoms with Crippen molar-refractivity contribution in [3.63, 3.8) is 0 Å². The Bertz CT molecular complexity index is 461. The Labute approximate surface area is 116 Å². The van der Waals surface area contributed by atoms with Crippen molar-refractivity contribution in [2.45, 2.75) is 25.7 Å². The molecule has 18 heavy (non-hydrogen) atoms. The number of halogens is 2. The molecule has 1 unspecified atom stereocenters. The molecular formula is C13H14Cl2O3. The molecular weight excluding hydrogens is 275 g/mol. The van der Waals surface area contributed by atoms with Crippen LogP contribution in [0.2, 0.25) is 10.0 Å². The average Bonchev–Trinajstić information content (AvgIpc) is 2.28. The van der Waals surface area contributed by atoms with Crippen molar-refractivity contribution in [3.05, 3.63) is 40.4 Å². The summed E-state index contributed by atoms with van der Waals surface area (Å²) in [5, 5.41) is 1.11. The van der Waals surface area contributed by atoms with Crippen molar-refractivity contribution in [3.8, 4) is 0 Å². The summed E-state index contributed by atoms with van der Waals surface area (Å²) in [6, 6.07) is 5.22. The van der Waals surface area contributed by atoms with E-state index in [2.05, 4.69) is 6.58 Å². The fourth-order valence-corrected chi connectivity index (χ4v) is 2.11. The summed E-state index contributed by atoms with van der Waals surface area (Å²) < 4.78 is 5.51. The van der Waals surface area contributed by atoms with Gasteiger partial charge in [-0.1, -0.05) is 35.8 Å². The van der Waals surface area contributed by atoms with E-state index in [0.717, 1.165) is 5.56 Å². The van der Waals surface area contributed by atoms with Crippen LogP contribution in [0.5, 0.6) is 0 Å². The van der Waals surface area contributed by atoms with Gasteiger partial charge in [-0.3, -0.25) is 0 Å². The molecule has 0 radical (unpaired) electrons. The van der Waals surface area contributed by atoms with Crippen LogP contribution in [0.25, 0.3) is 5.57 Å². The van der Waals surface area contributed by atoms with E-state index in [1.54, 1.807) is 32.0 Å². The van der Waals surface area contributed by atoms with E-state index in [1.165, 1.54) is 0 Å². The van der Waals surface area contributed by atoms with E-state index in [-0.39, 0.29) is 6.10 Å². The lowest BCUT2D eigenvalue weighted by Crippen LogP contribution is -2.40. The minimum atomic E-state index is -0.736. The Morgan fingerprint density at radius 1 is 1.39 bits per heavy atom. The zero-order chi connectivity index (χ0) is 13.3. The van der Waals surface area contributed by atoms with Crippen molar-refractivity contribution in [2.75, 3.05) is 6.61 Å². The molecule has 5 heteroatoms. The highest BCUT2D eigenvalue weighted by atomic mass is 35.5. The number of benzene rings is 1. The van der Waals surface area contributed by atoms with Crippen molar-refractivity contribution in [2.24, 2.45) is 0 Å². The summed E-state index contributed by atoms with van der Waals surface area (Å²) >= 11 is 12.0. The highest BCUT2D eigenvalue weighted by Crippen LogP contribution is 2.32. The molecule has 1 aliphatic rings. The first-order valence-corrected chi connectivity index (χ1v) is 6.27. The first-order chi connectivity index (χ1) is 8.39. The topological polar surface area (TPSA) is 27.7 Å². The fourth-order valence-electron chi connectivity index (χ4n) is 1.58. The molecule has 0 aromatic heterocycles. The number of ether oxygens (including phenoxy) is 1. The van der Waals surface area contributed by atoms with Crippen LogP contribution in [-0.2, 0) is 14.5 Å². The van der Waals surface area contributed by atoms with Gasteiger partial charge >= 0.3 is 0 Å². The molecule has 0 aliphatic carbocycles. The zero-order valence-electron chi connectivity index (χ0n) is 10.2. The van der Waals surface area contributed by atoms with Crippen LogP contribution >= 0.6 is 23.2 Å². The van der Waals surface area contributed by atoms with Gasteiger partial charge in [0.2, 0.25) is 0 Å². The molecule has 1 aliphatic heterocycles. The average molecular weight is 289 g/mol. The Balaban J connectivity index is 2.13. The Hall–Kier alpha value is -0.580. The second kappa shape index (κ2) is 5.19. The third kappa shape index (κ3) is 3.05. The largest absolute Gasteiger partial charge is 0.345 e. The van der Waals surface area contributed by atoms with Gasteiger partial charge in [-0.25, -0.2) is 9.78 Å². The van der Waals surface area contributed by atoms with Crippen molar-refractivity contribution < 1.29 is 14.5 Å². The summed E-state index contributed by atoms with van der Waals surface area (Å²) in [7, 11) is 0. The SMILES string of the molecule is C=C(c1ccc(Cl)cc1Cl)C1COC(C)(C)OO1. The number of rotatable bonds is 2. The quantitative estimate of drug-likeness (QED) is 0.767. The Morgan fingerprint density at radius 3 is 2.67 bits per heavy atom. The van der Waals surface area contributed by atoms with E-state index in [0.29, 0.717) is 22.2 Å². The van der Waals surface area contributed by atoms with Crippen LogP contribution in [0.4, 0.5) is 0 Å². The van der Waals surface area contributed by atoms with Crippen LogP contribution in [-0.4, -0.2) is 18.5 Å². The molecule has 0 N–H and O–H groups in total. The second-order valence-corrected chi connectivity index (χ2v) is 5.37. The smallest absolute Gasteiger partial charge is 0.196 e. The maximum Gasteiger partial charge on any atom is 0.196 e. The van der Waals surface area contributed by atoms with Crippen molar-refractivity contribution >= 4 is 28.8 Å². The molecule has 0 bridgehead atoms. The van der Waals surface area contributed by atoms with Gasteiger partial charge in [0.1, 0.15) is 6.10 Å². The highest BCUT2D eigenvalue weighted by Gasteiger charge is 2.32. The van der Waals surface area contributed by atoms with Crippen LogP contribution in [0.1, 0.15) is 19.4 Å². The molecule has 1 atom stereocenters. The van der Waals surface area contributed by atoms with E-state index in [9.17, 15) is 0 Å². The molecule has 98 valence electrons.